The first-order valence-electron chi connectivity index (χ1n) is 10.5. The summed E-state index contributed by atoms with van der Waals surface area (Å²) >= 11 is 0. The molecule has 4 rings (SSSR count). The van der Waals surface area contributed by atoms with Crippen molar-refractivity contribution in [2.75, 3.05) is 18.1 Å². The first-order valence-corrected chi connectivity index (χ1v) is 10.5. The number of amides is 1. The van der Waals surface area contributed by atoms with Crippen LogP contribution in [-0.2, 0) is 9.53 Å². The van der Waals surface area contributed by atoms with Crippen LogP contribution in [-0.4, -0.2) is 37.2 Å². The summed E-state index contributed by atoms with van der Waals surface area (Å²) in [5, 5.41) is 7.63. The van der Waals surface area contributed by atoms with E-state index >= 15 is 0 Å². The van der Waals surface area contributed by atoms with Crippen molar-refractivity contribution < 1.29 is 28.5 Å². The number of nitrogen functional groups attached to an aromatic ring is 1. The fourth-order valence-corrected chi connectivity index (χ4v) is 3.38. The molecular weight excluding hydrogens is 438 g/mol. The number of hydrogen-bond acceptors (Lipinski definition) is 7. The highest BCUT2D eigenvalue weighted by Gasteiger charge is 2.33. The van der Waals surface area contributed by atoms with Crippen molar-refractivity contribution in [3.8, 4) is 23.0 Å². The van der Waals surface area contributed by atoms with Gasteiger partial charge in [-0.15, -0.1) is 0 Å². The van der Waals surface area contributed by atoms with Crippen molar-refractivity contribution in [2.24, 2.45) is 5.73 Å². The second-order valence-corrected chi connectivity index (χ2v) is 7.50. The van der Waals surface area contributed by atoms with E-state index in [0.717, 1.165) is 5.75 Å². The zero-order valence-electron chi connectivity index (χ0n) is 18.4. The van der Waals surface area contributed by atoms with Gasteiger partial charge in [-0.25, -0.2) is 4.79 Å². The smallest absolute Gasteiger partial charge is 0.414 e. The standard InChI is InChI=1S/C25H23N3O6/c1-16(29)32-23-13-17(7-12-22(23)24(26)27)28-14-21(34-25(28)30)15-31-18-8-10-20(11-9-18)33-19-5-3-2-4-6-19/h2-13,21H,14-15H2,1H3,(H3,26,27). The first kappa shape index (κ1) is 22.7. The third-order valence-electron chi connectivity index (χ3n) is 4.93. The molecule has 1 heterocycles. The number of carbonyl (C=O) groups excluding carboxylic acids is 2. The normalized spacial score (nSPS) is 14.9. The number of rotatable bonds is 8. The van der Waals surface area contributed by atoms with Crippen LogP contribution in [0.5, 0.6) is 23.0 Å². The number of nitrogens with zero attached hydrogens (tertiary/aromatic N) is 1. The van der Waals surface area contributed by atoms with Crippen LogP contribution in [0.15, 0.2) is 72.8 Å². The molecule has 1 aliphatic rings. The van der Waals surface area contributed by atoms with Gasteiger partial charge in [0.25, 0.3) is 0 Å². The lowest BCUT2D eigenvalue weighted by atomic mass is 10.1. The topological polar surface area (TPSA) is 124 Å². The van der Waals surface area contributed by atoms with Gasteiger partial charge in [0.2, 0.25) is 0 Å². The highest BCUT2D eigenvalue weighted by Crippen LogP contribution is 2.29. The second-order valence-electron chi connectivity index (χ2n) is 7.50. The summed E-state index contributed by atoms with van der Waals surface area (Å²) in [5.41, 5.74) is 6.26. The number of cyclic esters (lactones) is 1. The quantitative estimate of drug-likeness (QED) is 0.224. The van der Waals surface area contributed by atoms with Crippen molar-refractivity contribution in [1.29, 1.82) is 5.41 Å². The van der Waals surface area contributed by atoms with Gasteiger partial charge in [0, 0.05) is 13.0 Å². The minimum absolute atomic E-state index is 0.0998. The van der Waals surface area contributed by atoms with Gasteiger partial charge in [-0.1, -0.05) is 18.2 Å². The Morgan fingerprint density at radius 3 is 2.41 bits per heavy atom. The van der Waals surface area contributed by atoms with Crippen molar-refractivity contribution in [2.45, 2.75) is 13.0 Å². The number of hydrogen-bond donors (Lipinski definition) is 2. The number of ether oxygens (including phenoxy) is 4. The molecule has 1 aliphatic heterocycles. The number of nitrogens with two attached hydrogens (primary N) is 1. The van der Waals surface area contributed by atoms with Crippen LogP contribution in [0, 0.1) is 5.41 Å². The van der Waals surface area contributed by atoms with E-state index in [1.165, 1.54) is 24.0 Å². The van der Waals surface area contributed by atoms with Gasteiger partial charge in [0.05, 0.1) is 17.8 Å². The molecule has 1 unspecified atom stereocenters. The maximum atomic E-state index is 12.4. The molecule has 0 radical (unpaired) electrons. The molecule has 9 nitrogen and oxygen atoms in total. The van der Waals surface area contributed by atoms with Gasteiger partial charge in [-0.05, 0) is 48.5 Å². The number of para-hydroxylation sites is 1. The molecule has 0 bridgehead atoms. The van der Waals surface area contributed by atoms with Gasteiger partial charge in [-0.2, -0.15) is 0 Å². The number of carbonyl (C=O) groups is 2. The number of esters is 1. The second kappa shape index (κ2) is 9.95. The Kier molecular flexibility index (Phi) is 6.63. The average molecular weight is 461 g/mol. The van der Waals surface area contributed by atoms with Gasteiger partial charge < -0.3 is 24.7 Å². The lowest BCUT2D eigenvalue weighted by Gasteiger charge is -2.16. The molecule has 34 heavy (non-hydrogen) atoms. The van der Waals surface area contributed by atoms with Crippen LogP contribution in [0.3, 0.4) is 0 Å². The molecule has 0 spiro atoms. The molecule has 3 aromatic carbocycles. The monoisotopic (exact) mass is 461 g/mol. The predicted molar refractivity (Wildman–Crippen MR) is 125 cm³/mol. The van der Waals surface area contributed by atoms with E-state index in [0.29, 0.717) is 17.2 Å². The number of anilines is 1. The van der Waals surface area contributed by atoms with Gasteiger partial charge in [-0.3, -0.25) is 15.1 Å². The molecule has 1 amide bonds. The summed E-state index contributed by atoms with van der Waals surface area (Å²) in [5.74, 6) is 1.31. The van der Waals surface area contributed by atoms with Crippen molar-refractivity contribution >= 4 is 23.6 Å². The molecular formula is C25H23N3O6. The molecule has 1 atom stereocenters. The van der Waals surface area contributed by atoms with Crippen LogP contribution >= 0.6 is 0 Å². The maximum Gasteiger partial charge on any atom is 0.414 e. The lowest BCUT2D eigenvalue weighted by Crippen LogP contribution is -2.27. The van der Waals surface area contributed by atoms with Gasteiger partial charge >= 0.3 is 12.1 Å². The van der Waals surface area contributed by atoms with Crippen molar-refractivity contribution in [3.05, 3.63) is 78.4 Å². The van der Waals surface area contributed by atoms with Crippen LogP contribution in [0.25, 0.3) is 0 Å². The SMILES string of the molecule is CC(=O)Oc1cc(N2CC(COc3ccc(Oc4ccccc4)cc3)OC2=O)ccc1C(=N)N. The van der Waals surface area contributed by atoms with E-state index in [2.05, 4.69) is 0 Å². The third-order valence-corrected chi connectivity index (χ3v) is 4.93. The largest absolute Gasteiger partial charge is 0.490 e. The van der Waals surface area contributed by atoms with E-state index in [1.54, 1.807) is 30.3 Å². The number of amidine groups is 1. The maximum absolute atomic E-state index is 12.4. The third kappa shape index (κ3) is 5.44. The summed E-state index contributed by atoms with van der Waals surface area (Å²) in [7, 11) is 0. The van der Waals surface area contributed by atoms with E-state index < -0.39 is 18.2 Å². The highest BCUT2D eigenvalue weighted by molar-refractivity contribution is 5.99. The Morgan fingerprint density at radius 2 is 1.74 bits per heavy atom. The minimum atomic E-state index is -0.560. The van der Waals surface area contributed by atoms with Gasteiger partial charge in [0.1, 0.15) is 35.4 Å². The molecule has 174 valence electrons. The number of nitrogens with one attached hydrogen (secondary N) is 1. The molecule has 1 fully saturated rings. The predicted octanol–water partition coefficient (Wildman–Crippen LogP) is 4.09. The molecule has 0 saturated carbocycles. The zero-order chi connectivity index (χ0) is 24.1. The Hall–Kier alpha value is -4.53. The summed E-state index contributed by atoms with van der Waals surface area (Å²) in [6.45, 7) is 1.64. The minimum Gasteiger partial charge on any atom is -0.490 e. The molecule has 9 heteroatoms. The Balaban J connectivity index is 1.36. The molecule has 0 aliphatic carbocycles. The van der Waals surface area contributed by atoms with E-state index in [4.69, 9.17) is 30.1 Å². The fraction of sp³-hybridized carbons (Fsp3) is 0.160. The fourth-order valence-electron chi connectivity index (χ4n) is 3.38. The average Bonchev–Trinajstić information content (AvgIpc) is 3.19. The van der Waals surface area contributed by atoms with E-state index in [9.17, 15) is 9.59 Å². The summed E-state index contributed by atoms with van der Waals surface area (Å²) < 4.78 is 22.1. The molecule has 0 aromatic heterocycles. The zero-order valence-corrected chi connectivity index (χ0v) is 18.4. The molecule has 3 aromatic rings. The molecule has 3 N–H and O–H groups in total. The summed E-state index contributed by atoms with van der Waals surface area (Å²) in [6, 6.07) is 21.2. The first-order chi connectivity index (χ1) is 16.4. The van der Waals surface area contributed by atoms with E-state index in [-0.39, 0.29) is 30.3 Å². The lowest BCUT2D eigenvalue weighted by molar-refractivity contribution is -0.131. The Bertz CT molecular complexity index is 1200. The Morgan fingerprint density at radius 1 is 1.06 bits per heavy atom. The van der Waals surface area contributed by atoms with Crippen LogP contribution in [0.1, 0.15) is 12.5 Å². The van der Waals surface area contributed by atoms with Crippen molar-refractivity contribution in [3.63, 3.8) is 0 Å². The van der Waals surface area contributed by atoms with Crippen LogP contribution in [0.4, 0.5) is 10.5 Å². The number of benzene rings is 3. The molecule has 1 saturated heterocycles. The van der Waals surface area contributed by atoms with Crippen molar-refractivity contribution in [1.82, 2.24) is 0 Å². The summed E-state index contributed by atoms with van der Waals surface area (Å²) in [6.07, 6.45) is -1.05. The highest BCUT2D eigenvalue weighted by atomic mass is 16.6. The van der Waals surface area contributed by atoms with Crippen LogP contribution in [0.2, 0.25) is 0 Å². The van der Waals surface area contributed by atoms with Crippen LogP contribution < -0.4 is 24.8 Å². The summed E-state index contributed by atoms with van der Waals surface area (Å²) in [4.78, 5) is 25.2. The van der Waals surface area contributed by atoms with Gasteiger partial charge in [0.15, 0.2) is 6.10 Å². The Labute approximate surface area is 196 Å². The van der Waals surface area contributed by atoms with E-state index in [1.807, 2.05) is 30.3 Å².